The first-order chi connectivity index (χ1) is 8.29. The fourth-order valence-corrected chi connectivity index (χ4v) is 2.65. The largest absolute Gasteiger partial charge is 0.352 e. The van der Waals surface area contributed by atoms with E-state index in [9.17, 15) is 4.79 Å². The van der Waals surface area contributed by atoms with Crippen LogP contribution < -0.4 is 10.6 Å². The Kier molecular flexibility index (Phi) is 4.57. The molecule has 17 heavy (non-hydrogen) atoms. The van der Waals surface area contributed by atoms with Crippen LogP contribution in [0.2, 0.25) is 0 Å². The van der Waals surface area contributed by atoms with Crippen LogP contribution in [0, 0.1) is 0 Å². The Morgan fingerprint density at radius 3 is 2.76 bits per heavy atom. The maximum Gasteiger partial charge on any atom is 0.237 e. The van der Waals surface area contributed by atoms with Gasteiger partial charge >= 0.3 is 0 Å². The molecule has 0 aromatic rings. The average molecular weight is 237 g/mol. The molecule has 0 saturated carbocycles. The first-order valence-electron chi connectivity index (χ1n) is 6.66. The van der Waals surface area contributed by atoms with Crippen LogP contribution in [-0.2, 0) is 4.79 Å². The molecule has 2 rings (SSSR count). The van der Waals surface area contributed by atoms with Crippen LogP contribution in [0.25, 0.3) is 0 Å². The van der Waals surface area contributed by atoms with Crippen molar-refractivity contribution in [2.24, 2.45) is 0 Å². The van der Waals surface area contributed by atoms with Gasteiger partial charge in [0, 0.05) is 25.7 Å². The zero-order chi connectivity index (χ0) is 12.1. The number of carbonyl (C=O) groups excluding carboxylic acids is 1. The summed E-state index contributed by atoms with van der Waals surface area (Å²) in [5, 5.41) is 6.41. The van der Waals surface area contributed by atoms with Crippen molar-refractivity contribution >= 4 is 5.91 Å². The van der Waals surface area contributed by atoms with Gasteiger partial charge in [-0.1, -0.05) is 6.08 Å². The van der Waals surface area contributed by atoms with Crippen molar-refractivity contribution in [3.05, 3.63) is 12.7 Å². The Hall–Kier alpha value is -0.870. The molecule has 4 nitrogen and oxygen atoms in total. The topological polar surface area (TPSA) is 44.4 Å². The number of piperidine rings is 1. The lowest BCUT2D eigenvalue weighted by atomic mass is 10.0. The molecule has 2 heterocycles. The summed E-state index contributed by atoms with van der Waals surface area (Å²) >= 11 is 0. The van der Waals surface area contributed by atoms with Crippen LogP contribution in [0.3, 0.4) is 0 Å². The van der Waals surface area contributed by atoms with E-state index in [0.29, 0.717) is 6.04 Å². The summed E-state index contributed by atoms with van der Waals surface area (Å²) in [5.41, 5.74) is 0. The highest BCUT2D eigenvalue weighted by molar-refractivity contribution is 5.82. The Morgan fingerprint density at radius 2 is 2.18 bits per heavy atom. The van der Waals surface area contributed by atoms with Crippen molar-refractivity contribution in [3.8, 4) is 0 Å². The van der Waals surface area contributed by atoms with E-state index in [1.54, 1.807) is 0 Å². The summed E-state index contributed by atoms with van der Waals surface area (Å²) in [5.74, 6) is 0.199. The number of hydrogen-bond acceptors (Lipinski definition) is 3. The van der Waals surface area contributed by atoms with Crippen molar-refractivity contribution in [1.82, 2.24) is 15.5 Å². The Labute approximate surface area is 103 Å². The van der Waals surface area contributed by atoms with Crippen molar-refractivity contribution in [1.29, 1.82) is 0 Å². The number of rotatable bonds is 4. The minimum Gasteiger partial charge on any atom is -0.352 e. The lowest BCUT2D eigenvalue weighted by Crippen LogP contribution is -2.49. The zero-order valence-corrected chi connectivity index (χ0v) is 10.5. The minimum absolute atomic E-state index is 0.0567. The zero-order valence-electron chi connectivity index (χ0n) is 10.5. The third-order valence-corrected chi connectivity index (χ3v) is 3.70. The molecule has 0 aromatic heterocycles. The summed E-state index contributed by atoms with van der Waals surface area (Å²) in [6, 6.07) is 0.423. The molecule has 0 bridgehead atoms. The molecule has 96 valence electrons. The van der Waals surface area contributed by atoms with Gasteiger partial charge in [0.2, 0.25) is 5.91 Å². The van der Waals surface area contributed by atoms with Gasteiger partial charge < -0.3 is 10.6 Å². The van der Waals surface area contributed by atoms with Gasteiger partial charge in [-0.15, -0.1) is 6.58 Å². The van der Waals surface area contributed by atoms with E-state index in [4.69, 9.17) is 0 Å². The van der Waals surface area contributed by atoms with Gasteiger partial charge in [-0.05, 0) is 32.2 Å². The van der Waals surface area contributed by atoms with Gasteiger partial charge in [0.05, 0.1) is 6.04 Å². The summed E-state index contributed by atoms with van der Waals surface area (Å²) in [6.07, 6.45) is 6.18. The van der Waals surface area contributed by atoms with E-state index >= 15 is 0 Å². The van der Waals surface area contributed by atoms with Crippen LogP contribution in [-0.4, -0.2) is 49.1 Å². The molecule has 1 amide bonds. The maximum atomic E-state index is 11.9. The van der Waals surface area contributed by atoms with E-state index in [0.717, 1.165) is 51.9 Å². The summed E-state index contributed by atoms with van der Waals surface area (Å²) in [6.45, 7) is 7.83. The number of likely N-dealkylation sites (tertiary alicyclic amines) is 1. The van der Waals surface area contributed by atoms with Crippen molar-refractivity contribution in [2.45, 2.75) is 37.8 Å². The predicted octanol–water partition coefficient (Wildman–Crippen LogP) is 0.505. The fourth-order valence-electron chi connectivity index (χ4n) is 2.65. The quantitative estimate of drug-likeness (QED) is 0.700. The maximum absolute atomic E-state index is 11.9. The van der Waals surface area contributed by atoms with E-state index < -0.39 is 0 Å². The molecule has 2 N–H and O–H groups in total. The molecule has 4 heteroatoms. The van der Waals surface area contributed by atoms with Crippen LogP contribution in [0.4, 0.5) is 0 Å². The van der Waals surface area contributed by atoms with Crippen LogP contribution in [0.15, 0.2) is 12.7 Å². The van der Waals surface area contributed by atoms with Gasteiger partial charge in [-0.25, -0.2) is 0 Å². The molecule has 0 radical (unpaired) electrons. The highest BCUT2D eigenvalue weighted by Gasteiger charge is 2.25. The second-order valence-corrected chi connectivity index (χ2v) is 5.02. The number of carbonyl (C=O) groups is 1. The third-order valence-electron chi connectivity index (χ3n) is 3.70. The van der Waals surface area contributed by atoms with E-state index in [-0.39, 0.29) is 11.9 Å². The van der Waals surface area contributed by atoms with Gasteiger partial charge in [0.25, 0.3) is 0 Å². The smallest absolute Gasteiger partial charge is 0.237 e. The summed E-state index contributed by atoms with van der Waals surface area (Å²) in [4.78, 5) is 14.3. The Balaban J connectivity index is 1.70. The number of nitrogens with one attached hydrogen (secondary N) is 2. The second kappa shape index (κ2) is 6.17. The van der Waals surface area contributed by atoms with Gasteiger partial charge in [0.1, 0.15) is 0 Å². The highest BCUT2D eigenvalue weighted by atomic mass is 16.2. The molecule has 2 saturated heterocycles. The summed E-state index contributed by atoms with van der Waals surface area (Å²) < 4.78 is 0. The van der Waals surface area contributed by atoms with Gasteiger partial charge in [0.15, 0.2) is 0 Å². The molecular formula is C13H23N3O. The molecule has 2 aliphatic rings. The van der Waals surface area contributed by atoms with Crippen LogP contribution >= 0.6 is 0 Å². The average Bonchev–Trinajstić information content (AvgIpc) is 2.86. The fraction of sp³-hybridized carbons (Fsp3) is 0.769. The summed E-state index contributed by atoms with van der Waals surface area (Å²) in [7, 11) is 0. The Bertz CT molecular complexity index is 266. The number of amides is 1. The highest BCUT2D eigenvalue weighted by Crippen LogP contribution is 2.11. The lowest BCUT2D eigenvalue weighted by Gasteiger charge is -2.32. The van der Waals surface area contributed by atoms with Crippen LogP contribution in [0.1, 0.15) is 25.7 Å². The van der Waals surface area contributed by atoms with Crippen molar-refractivity contribution in [3.63, 3.8) is 0 Å². The molecule has 2 aliphatic heterocycles. The normalized spacial score (nSPS) is 26.9. The molecule has 0 aliphatic carbocycles. The minimum atomic E-state index is 0.0567. The monoisotopic (exact) mass is 237 g/mol. The third kappa shape index (κ3) is 3.54. The second-order valence-electron chi connectivity index (χ2n) is 5.02. The Morgan fingerprint density at radius 1 is 1.41 bits per heavy atom. The van der Waals surface area contributed by atoms with E-state index in [1.807, 2.05) is 6.08 Å². The van der Waals surface area contributed by atoms with Gasteiger partial charge in [-0.2, -0.15) is 0 Å². The molecule has 2 fully saturated rings. The van der Waals surface area contributed by atoms with Crippen molar-refractivity contribution < 1.29 is 4.79 Å². The SMILES string of the molecule is C=CCN1CCC(NC(=O)[C@@H]2CCCN2)CC1. The van der Waals surface area contributed by atoms with Crippen LogP contribution in [0.5, 0.6) is 0 Å². The first-order valence-corrected chi connectivity index (χ1v) is 6.66. The van der Waals surface area contributed by atoms with Gasteiger partial charge in [-0.3, -0.25) is 9.69 Å². The molecule has 1 atom stereocenters. The molecule has 0 unspecified atom stereocenters. The predicted molar refractivity (Wildman–Crippen MR) is 68.8 cm³/mol. The first kappa shape index (κ1) is 12.6. The molecule has 0 aromatic carbocycles. The number of nitrogens with zero attached hydrogens (tertiary/aromatic N) is 1. The van der Waals surface area contributed by atoms with E-state index in [2.05, 4.69) is 22.1 Å². The lowest BCUT2D eigenvalue weighted by molar-refractivity contribution is -0.123. The molecular weight excluding hydrogens is 214 g/mol. The van der Waals surface area contributed by atoms with E-state index in [1.165, 1.54) is 0 Å². The number of hydrogen-bond donors (Lipinski definition) is 2. The van der Waals surface area contributed by atoms with Crippen molar-refractivity contribution in [2.75, 3.05) is 26.2 Å². The standard InChI is InChI=1S/C13H23N3O/c1-2-8-16-9-5-11(6-10-16)15-13(17)12-4-3-7-14-12/h2,11-12,14H,1,3-10H2,(H,15,17)/t12-/m0/s1. The molecule has 0 spiro atoms.